The number of aryl methyl sites for hydroxylation is 1. The molecule has 2 N–H and O–H groups in total. The summed E-state index contributed by atoms with van der Waals surface area (Å²) in [5.74, 6) is 0.606. The fourth-order valence-electron chi connectivity index (χ4n) is 2.86. The van der Waals surface area contributed by atoms with Crippen molar-refractivity contribution in [3.8, 4) is 22.8 Å². The van der Waals surface area contributed by atoms with Gasteiger partial charge in [-0.15, -0.1) is 11.3 Å². The number of hydrogen-bond acceptors (Lipinski definition) is 7. The maximum Gasteiger partial charge on any atom is 0.267 e. The Kier molecular flexibility index (Phi) is 4.89. The quantitative estimate of drug-likeness (QED) is 0.642. The summed E-state index contributed by atoms with van der Waals surface area (Å²) in [7, 11) is -2.45. The second-order valence-electron chi connectivity index (χ2n) is 6.35. The second-order valence-corrected chi connectivity index (χ2v) is 8.85. The fourth-order valence-corrected chi connectivity index (χ4v) is 5.09. The third kappa shape index (κ3) is 3.89. The Morgan fingerprint density at radius 3 is 2.86 bits per heavy atom. The predicted octanol–water partition coefficient (Wildman–Crippen LogP) is 3.26. The van der Waals surface area contributed by atoms with Crippen molar-refractivity contribution in [2.45, 2.75) is 11.8 Å². The van der Waals surface area contributed by atoms with Gasteiger partial charge in [0, 0.05) is 10.9 Å². The Bertz CT molecular complexity index is 1200. The molecule has 1 aromatic heterocycles. The maximum absolute atomic E-state index is 12.8. The number of anilines is 2. The number of amides is 1. The predicted molar refractivity (Wildman–Crippen MR) is 110 cm³/mol. The third-order valence-electron chi connectivity index (χ3n) is 4.24. The Labute approximate surface area is 171 Å². The topological polar surface area (TPSA) is 107 Å². The van der Waals surface area contributed by atoms with E-state index < -0.39 is 10.0 Å². The van der Waals surface area contributed by atoms with Crippen LogP contribution in [0, 0.1) is 6.92 Å². The largest absolute Gasteiger partial charge is 0.495 e. The molecule has 0 atom stereocenters. The van der Waals surface area contributed by atoms with Crippen molar-refractivity contribution in [1.29, 1.82) is 0 Å². The number of rotatable bonds is 5. The number of nitrogens with one attached hydrogen (secondary N) is 2. The molecule has 10 heteroatoms. The summed E-state index contributed by atoms with van der Waals surface area (Å²) in [5.41, 5.74) is 2.65. The number of carbonyl (C=O) groups excluding carboxylic acids is 1. The van der Waals surface area contributed by atoms with Gasteiger partial charge in [-0.2, -0.15) is 0 Å². The average molecular weight is 431 g/mol. The lowest BCUT2D eigenvalue weighted by molar-refractivity contribution is -0.118. The molecule has 8 nitrogen and oxygen atoms in total. The van der Waals surface area contributed by atoms with Crippen LogP contribution in [-0.2, 0) is 14.8 Å². The molecule has 0 saturated carbocycles. The molecule has 2 heterocycles. The zero-order valence-electron chi connectivity index (χ0n) is 15.6. The Hall–Kier alpha value is -3.11. The molecule has 2 aromatic carbocycles. The van der Waals surface area contributed by atoms with Crippen LogP contribution in [0.3, 0.4) is 0 Å². The molecule has 0 aliphatic carbocycles. The lowest BCUT2D eigenvalue weighted by Gasteiger charge is -2.18. The molecule has 0 spiro atoms. The third-order valence-corrected chi connectivity index (χ3v) is 6.49. The van der Waals surface area contributed by atoms with E-state index in [1.807, 2.05) is 0 Å². The normalized spacial score (nSPS) is 13.2. The highest BCUT2D eigenvalue weighted by molar-refractivity contribution is 7.93. The maximum atomic E-state index is 12.8. The van der Waals surface area contributed by atoms with E-state index in [1.165, 1.54) is 7.11 Å². The number of thiazole rings is 1. The summed E-state index contributed by atoms with van der Waals surface area (Å²) in [5, 5.41) is 4.70. The standard InChI is InChI=1S/C19H17N3O5S2/c1-11-3-5-16(26-2)17(7-11)29(24,25)22-19-21-14(10-28-19)12-4-6-15-13(8-12)20-18(23)9-27-15/h3-8,10H,9H2,1-2H3,(H,20,23)(H,21,22). The van der Waals surface area contributed by atoms with Gasteiger partial charge in [-0.1, -0.05) is 6.07 Å². The van der Waals surface area contributed by atoms with Gasteiger partial charge in [0.05, 0.1) is 18.5 Å². The molecule has 29 heavy (non-hydrogen) atoms. The Morgan fingerprint density at radius 2 is 2.07 bits per heavy atom. The molecule has 4 rings (SSSR count). The van der Waals surface area contributed by atoms with Crippen molar-refractivity contribution in [3.63, 3.8) is 0 Å². The smallest absolute Gasteiger partial charge is 0.267 e. The molecule has 1 aliphatic heterocycles. The van der Waals surface area contributed by atoms with Gasteiger partial charge in [0.2, 0.25) is 0 Å². The van der Waals surface area contributed by atoms with Gasteiger partial charge in [0.25, 0.3) is 15.9 Å². The monoisotopic (exact) mass is 431 g/mol. The van der Waals surface area contributed by atoms with E-state index in [-0.39, 0.29) is 28.3 Å². The minimum absolute atomic E-state index is 0.0165. The van der Waals surface area contributed by atoms with Gasteiger partial charge in [-0.25, -0.2) is 13.4 Å². The molecule has 1 aliphatic rings. The summed E-state index contributed by atoms with van der Waals surface area (Å²) in [6.45, 7) is 1.79. The van der Waals surface area contributed by atoms with Crippen LogP contribution in [-0.4, -0.2) is 33.0 Å². The number of carbonyl (C=O) groups is 1. The molecule has 150 valence electrons. The number of fused-ring (bicyclic) bond motifs is 1. The van der Waals surface area contributed by atoms with Crippen molar-refractivity contribution in [3.05, 3.63) is 47.3 Å². The molecule has 0 radical (unpaired) electrons. The van der Waals surface area contributed by atoms with Gasteiger partial charge in [0.1, 0.15) is 16.4 Å². The van der Waals surface area contributed by atoms with Crippen molar-refractivity contribution < 1.29 is 22.7 Å². The van der Waals surface area contributed by atoms with Gasteiger partial charge in [0.15, 0.2) is 11.7 Å². The first-order valence-electron chi connectivity index (χ1n) is 8.56. The molecule has 1 amide bonds. The van der Waals surface area contributed by atoms with E-state index in [0.717, 1.165) is 22.5 Å². The number of methoxy groups -OCH3 is 1. The number of hydrogen-bond donors (Lipinski definition) is 2. The van der Waals surface area contributed by atoms with Gasteiger partial charge < -0.3 is 14.8 Å². The lowest BCUT2D eigenvalue weighted by atomic mass is 10.1. The van der Waals surface area contributed by atoms with Crippen molar-refractivity contribution in [2.75, 3.05) is 23.8 Å². The summed E-state index contributed by atoms with van der Waals surface area (Å²) < 4.78 is 38.7. The molecular weight excluding hydrogens is 414 g/mol. The summed E-state index contributed by atoms with van der Waals surface area (Å²) >= 11 is 1.16. The van der Waals surface area contributed by atoms with E-state index in [2.05, 4.69) is 15.0 Å². The summed E-state index contributed by atoms with van der Waals surface area (Å²) in [4.78, 5) is 15.9. The van der Waals surface area contributed by atoms with Gasteiger partial charge in [-0.05, 0) is 42.8 Å². The van der Waals surface area contributed by atoms with Crippen LogP contribution < -0.4 is 19.5 Å². The molecule has 0 fully saturated rings. The van der Waals surface area contributed by atoms with E-state index in [0.29, 0.717) is 17.1 Å². The first-order valence-corrected chi connectivity index (χ1v) is 10.9. The highest BCUT2D eigenvalue weighted by Gasteiger charge is 2.22. The SMILES string of the molecule is COc1ccc(C)cc1S(=O)(=O)Nc1nc(-c2ccc3c(c2)NC(=O)CO3)cs1. The van der Waals surface area contributed by atoms with Crippen LogP contribution in [0.1, 0.15) is 5.56 Å². The number of benzene rings is 2. The second kappa shape index (κ2) is 7.37. The highest BCUT2D eigenvalue weighted by Crippen LogP contribution is 2.34. The molecule has 0 saturated heterocycles. The zero-order valence-corrected chi connectivity index (χ0v) is 17.2. The summed E-state index contributed by atoms with van der Waals surface area (Å²) in [6, 6.07) is 10.2. The first kappa shape index (κ1) is 19.2. The number of sulfonamides is 1. The van der Waals surface area contributed by atoms with E-state index in [1.54, 1.807) is 48.7 Å². The minimum Gasteiger partial charge on any atom is -0.495 e. The minimum atomic E-state index is -3.87. The molecule has 0 unspecified atom stereocenters. The zero-order chi connectivity index (χ0) is 20.6. The number of nitrogens with zero attached hydrogens (tertiary/aromatic N) is 1. The van der Waals surface area contributed by atoms with Crippen LogP contribution in [0.25, 0.3) is 11.3 Å². The molecule has 3 aromatic rings. The molecular formula is C19H17N3O5S2. The summed E-state index contributed by atoms with van der Waals surface area (Å²) in [6.07, 6.45) is 0. The number of ether oxygens (including phenoxy) is 2. The average Bonchev–Trinajstić information content (AvgIpc) is 3.15. The lowest BCUT2D eigenvalue weighted by Crippen LogP contribution is -2.25. The van der Waals surface area contributed by atoms with E-state index in [9.17, 15) is 13.2 Å². The van der Waals surface area contributed by atoms with Gasteiger partial charge >= 0.3 is 0 Å². The van der Waals surface area contributed by atoms with Crippen LogP contribution in [0.5, 0.6) is 11.5 Å². The van der Waals surface area contributed by atoms with Gasteiger partial charge in [-0.3, -0.25) is 9.52 Å². The Balaban J connectivity index is 1.61. The Morgan fingerprint density at radius 1 is 1.24 bits per heavy atom. The molecule has 0 bridgehead atoms. The first-order chi connectivity index (χ1) is 13.9. The highest BCUT2D eigenvalue weighted by atomic mass is 32.2. The van der Waals surface area contributed by atoms with Crippen LogP contribution >= 0.6 is 11.3 Å². The van der Waals surface area contributed by atoms with Crippen molar-refractivity contribution >= 4 is 38.1 Å². The van der Waals surface area contributed by atoms with Crippen molar-refractivity contribution in [2.24, 2.45) is 0 Å². The fraction of sp³-hybridized carbons (Fsp3) is 0.158. The van der Waals surface area contributed by atoms with E-state index in [4.69, 9.17) is 9.47 Å². The van der Waals surface area contributed by atoms with Crippen LogP contribution in [0.2, 0.25) is 0 Å². The van der Waals surface area contributed by atoms with Crippen molar-refractivity contribution in [1.82, 2.24) is 4.98 Å². The van der Waals surface area contributed by atoms with E-state index >= 15 is 0 Å². The van der Waals surface area contributed by atoms with Crippen LogP contribution in [0.15, 0.2) is 46.7 Å². The number of aromatic nitrogens is 1. The van der Waals surface area contributed by atoms with Crippen LogP contribution in [0.4, 0.5) is 10.8 Å².